The number of aromatic hydroxyl groups is 1. The maximum absolute atomic E-state index is 16.5. The molecule has 5 saturated heterocycles. The van der Waals surface area contributed by atoms with Gasteiger partial charge in [-0.1, -0.05) is 11.6 Å². The molecule has 8 nitrogen and oxygen atoms in total. The lowest BCUT2D eigenvalue weighted by atomic mass is 9.93. The van der Waals surface area contributed by atoms with Gasteiger partial charge in [0.25, 0.3) is 0 Å². The van der Waals surface area contributed by atoms with Crippen LogP contribution >= 0.6 is 11.6 Å². The number of hydrogen-bond acceptors (Lipinski definition) is 8. The van der Waals surface area contributed by atoms with E-state index in [9.17, 15) is 18.3 Å². The minimum absolute atomic E-state index is 0.00157. The van der Waals surface area contributed by atoms with Crippen LogP contribution in [0.4, 0.5) is 27.8 Å². The van der Waals surface area contributed by atoms with Crippen molar-refractivity contribution in [3.63, 3.8) is 0 Å². The molecule has 42 heavy (non-hydrogen) atoms. The SMILES string of the molecule is [2H]C1([2H])CC[C@@]2(C([2H])([2H])Oc3nc(N4CC5CCC4CN5)c4cnc(-c5cc(O)cc(Cl)c5C(F)(F)F)c(F)c4n3)C[C@@]([2H])(F)CN12. The Bertz CT molecular complexity index is 1780. The molecule has 0 spiro atoms. The van der Waals surface area contributed by atoms with Crippen LogP contribution in [0.3, 0.4) is 0 Å². The van der Waals surface area contributed by atoms with Crippen LogP contribution in [0.1, 0.15) is 44.5 Å². The van der Waals surface area contributed by atoms with Crippen molar-refractivity contribution >= 4 is 28.3 Å². The molecule has 5 aliphatic heterocycles. The molecule has 8 rings (SSSR count). The summed E-state index contributed by atoms with van der Waals surface area (Å²) in [5.74, 6) is -1.94. The molecule has 7 heterocycles. The van der Waals surface area contributed by atoms with Crippen LogP contribution < -0.4 is 15.0 Å². The molecule has 0 aliphatic carbocycles. The normalized spacial score (nSPS) is 32.7. The number of nitrogens with one attached hydrogen (secondary N) is 1. The number of benzene rings is 1. The lowest BCUT2D eigenvalue weighted by molar-refractivity contribution is -0.137. The highest BCUT2D eigenvalue weighted by Gasteiger charge is 2.49. The van der Waals surface area contributed by atoms with E-state index in [1.165, 1.54) is 0 Å². The Balaban J connectivity index is 1.40. The predicted molar refractivity (Wildman–Crippen MR) is 145 cm³/mol. The van der Waals surface area contributed by atoms with Crippen LogP contribution in [-0.4, -0.2) is 81.4 Å². The van der Waals surface area contributed by atoms with Crippen molar-refractivity contribution < 1.29 is 38.6 Å². The topological polar surface area (TPSA) is 86.6 Å². The molecular formula is C28H28ClF5N6O2. The van der Waals surface area contributed by atoms with Crippen LogP contribution in [0.2, 0.25) is 5.02 Å². The Hall–Kier alpha value is -3.03. The zero-order valence-corrected chi connectivity index (χ0v) is 22.7. The first-order chi connectivity index (χ1) is 21.8. The van der Waals surface area contributed by atoms with Gasteiger partial charge >= 0.3 is 12.2 Å². The molecular weight excluding hydrogens is 583 g/mol. The van der Waals surface area contributed by atoms with E-state index in [4.69, 9.17) is 23.2 Å². The van der Waals surface area contributed by atoms with Gasteiger partial charge in [0.2, 0.25) is 0 Å². The minimum Gasteiger partial charge on any atom is -0.508 e. The third-order valence-electron chi connectivity index (χ3n) is 8.38. The van der Waals surface area contributed by atoms with Crippen LogP contribution in [0.25, 0.3) is 22.2 Å². The van der Waals surface area contributed by atoms with E-state index in [0.29, 0.717) is 25.2 Å². The Labute approximate surface area is 249 Å². The highest BCUT2D eigenvalue weighted by Crippen LogP contribution is 2.45. The molecule has 4 atom stereocenters. The molecule has 2 unspecified atom stereocenters. The van der Waals surface area contributed by atoms with E-state index in [0.717, 1.165) is 23.9 Å². The van der Waals surface area contributed by atoms with Crippen molar-refractivity contribution in [1.82, 2.24) is 25.2 Å². The van der Waals surface area contributed by atoms with Gasteiger partial charge in [-0.05, 0) is 44.3 Å². The monoisotopic (exact) mass is 615 g/mol. The zero-order chi connectivity index (χ0) is 33.9. The first-order valence-electron chi connectivity index (χ1n) is 15.9. The number of halogens is 6. The zero-order valence-electron chi connectivity index (χ0n) is 26.9. The third kappa shape index (κ3) is 4.60. The van der Waals surface area contributed by atoms with Gasteiger partial charge in [-0.3, -0.25) is 9.88 Å². The fourth-order valence-corrected chi connectivity index (χ4v) is 6.73. The second-order valence-corrected chi connectivity index (χ2v) is 11.4. The number of phenolic OH excluding ortho intramolecular Hbond substituents is 1. The van der Waals surface area contributed by atoms with E-state index >= 15 is 8.78 Å². The Morgan fingerprint density at radius 1 is 1.29 bits per heavy atom. The minimum atomic E-state index is -5.06. The number of hydrogen-bond donors (Lipinski definition) is 2. The molecule has 2 aromatic heterocycles. The van der Waals surface area contributed by atoms with Crippen molar-refractivity contribution in [3.05, 3.63) is 34.7 Å². The van der Waals surface area contributed by atoms with Crippen LogP contribution in [-0.2, 0) is 6.18 Å². The average Bonchev–Trinajstić information content (AvgIpc) is 3.41. The van der Waals surface area contributed by atoms with Gasteiger partial charge in [-0.15, -0.1) is 0 Å². The standard InChI is InChI=1S/C28H28ClF5N6O2/c29-20-7-17(41)6-18(21(20)28(32,33)34)23-22(31)24-19(10-36-23)25(40-12-15-2-3-16(40)9-35-15)38-26(37-24)42-13-27-4-1-5-39(27)11-14(30)8-27/h6-7,10,14-16,35,41H,1-5,8-9,11-13H2/t14-,15?,16?,27+/m1/s1/i5D2,13D2,14D. The van der Waals surface area contributed by atoms with Crippen LogP contribution in [0.5, 0.6) is 11.8 Å². The third-order valence-corrected chi connectivity index (χ3v) is 8.68. The summed E-state index contributed by atoms with van der Waals surface area (Å²) in [6.07, 6.45) is -6.18. The number of alkyl halides is 4. The predicted octanol–water partition coefficient (Wildman–Crippen LogP) is 5.10. The summed E-state index contributed by atoms with van der Waals surface area (Å²) in [6, 6.07) is 0.527. The van der Waals surface area contributed by atoms with E-state index in [-0.39, 0.29) is 36.1 Å². The fourth-order valence-electron chi connectivity index (χ4n) is 6.41. The summed E-state index contributed by atoms with van der Waals surface area (Å²) in [5, 5.41) is 12.6. The largest absolute Gasteiger partial charge is 0.508 e. The number of phenols is 1. The number of aromatic nitrogens is 3. The molecule has 5 aliphatic rings. The van der Waals surface area contributed by atoms with E-state index < -0.39 is 88.8 Å². The van der Waals surface area contributed by atoms with Crippen LogP contribution in [0.15, 0.2) is 18.3 Å². The summed E-state index contributed by atoms with van der Waals surface area (Å²) in [4.78, 5) is 15.3. The van der Waals surface area contributed by atoms with Crippen molar-refractivity contribution in [1.29, 1.82) is 0 Å². The first-order valence-corrected chi connectivity index (χ1v) is 13.8. The smallest absolute Gasteiger partial charge is 0.418 e. The maximum Gasteiger partial charge on any atom is 0.418 e. The second kappa shape index (κ2) is 10.0. The summed E-state index contributed by atoms with van der Waals surface area (Å²) >= 11 is 5.85. The summed E-state index contributed by atoms with van der Waals surface area (Å²) < 4.78 is 122. The quantitative estimate of drug-likeness (QED) is 0.384. The number of ether oxygens (including phenoxy) is 1. The number of nitrogens with zero attached hydrogens (tertiary/aromatic N) is 5. The molecule has 1 aromatic carbocycles. The molecule has 0 amide bonds. The van der Waals surface area contributed by atoms with E-state index in [1.54, 1.807) is 0 Å². The van der Waals surface area contributed by atoms with Gasteiger partial charge in [0, 0.05) is 52.6 Å². The Morgan fingerprint density at radius 2 is 2.12 bits per heavy atom. The first kappa shape index (κ1) is 22.5. The molecule has 5 fully saturated rings. The second-order valence-electron chi connectivity index (χ2n) is 11.0. The van der Waals surface area contributed by atoms with Gasteiger partial charge in [-0.2, -0.15) is 23.1 Å². The van der Waals surface area contributed by atoms with Gasteiger partial charge in [0.1, 0.15) is 35.5 Å². The highest BCUT2D eigenvalue weighted by molar-refractivity contribution is 6.32. The molecule has 2 N–H and O–H groups in total. The summed E-state index contributed by atoms with van der Waals surface area (Å²) in [7, 11) is 0. The average molecular weight is 616 g/mol. The fraction of sp³-hybridized carbons (Fsp3) is 0.536. The van der Waals surface area contributed by atoms with Crippen molar-refractivity contribution in [2.45, 2.75) is 62.1 Å². The molecule has 0 radical (unpaired) electrons. The summed E-state index contributed by atoms with van der Waals surface area (Å²) in [6.45, 7) is -4.81. The number of anilines is 1. The molecule has 0 saturated carbocycles. The number of piperidine rings is 2. The van der Waals surface area contributed by atoms with Gasteiger partial charge in [0.15, 0.2) is 5.82 Å². The number of pyridine rings is 1. The van der Waals surface area contributed by atoms with Crippen molar-refractivity contribution in [3.8, 4) is 23.0 Å². The Morgan fingerprint density at radius 3 is 2.83 bits per heavy atom. The van der Waals surface area contributed by atoms with Gasteiger partial charge < -0.3 is 20.1 Å². The Kier molecular flexibility index (Phi) is 5.37. The molecule has 3 aromatic rings. The highest BCUT2D eigenvalue weighted by atomic mass is 35.5. The lowest BCUT2D eigenvalue weighted by Gasteiger charge is -2.46. The molecule has 224 valence electrons. The van der Waals surface area contributed by atoms with Gasteiger partial charge in [0.05, 0.1) is 25.6 Å². The van der Waals surface area contributed by atoms with E-state index in [1.807, 2.05) is 4.90 Å². The number of piperazine rings is 1. The lowest BCUT2D eigenvalue weighted by Crippen LogP contribution is -2.61. The maximum atomic E-state index is 16.5. The van der Waals surface area contributed by atoms with Crippen molar-refractivity contribution in [2.24, 2.45) is 0 Å². The molecule has 2 bridgehead atoms. The van der Waals surface area contributed by atoms with E-state index in [2.05, 4.69) is 20.3 Å². The number of fused-ring (bicyclic) bond motifs is 5. The molecule has 14 heteroatoms. The summed E-state index contributed by atoms with van der Waals surface area (Å²) in [5.41, 5.74) is -5.64. The van der Waals surface area contributed by atoms with Crippen LogP contribution in [0, 0.1) is 5.82 Å². The van der Waals surface area contributed by atoms with Gasteiger partial charge in [-0.25, -0.2) is 8.78 Å². The van der Waals surface area contributed by atoms with Crippen molar-refractivity contribution in [2.75, 3.05) is 37.6 Å². The number of rotatable bonds is 5.